The normalized spacial score (nSPS) is 21.9. The fourth-order valence-electron chi connectivity index (χ4n) is 2.96. The van der Waals surface area contributed by atoms with Crippen molar-refractivity contribution in [2.75, 3.05) is 18.0 Å². The molecule has 0 aliphatic carbocycles. The van der Waals surface area contributed by atoms with Gasteiger partial charge >= 0.3 is 0 Å². The van der Waals surface area contributed by atoms with Crippen molar-refractivity contribution in [3.05, 3.63) is 29.6 Å². The SMILES string of the molecule is CC(C)NCc1c(F)cccc1N1CC(C)OC(C)(C)C1. The molecule has 0 aromatic heterocycles. The van der Waals surface area contributed by atoms with E-state index in [0.29, 0.717) is 12.6 Å². The molecule has 1 saturated heterocycles. The fraction of sp³-hybridized carbons (Fsp3) is 0.647. The van der Waals surface area contributed by atoms with Crippen LogP contribution in [-0.2, 0) is 11.3 Å². The molecule has 0 amide bonds. The number of anilines is 1. The first-order chi connectivity index (χ1) is 9.78. The Morgan fingerprint density at radius 1 is 1.43 bits per heavy atom. The van der Waals surface area contributed by atoms with Crippen LogP contribution in [0, 0.1) is 5.82 Å². The molecule has 118 valence electrons. The van der Waals surface area contributed by atoms with Gasteiger partial charge in [-0.1, -0.05) is 19.9 Å². The van der Waals surface area contributed by atoms with E-state index in [4.69, 9.17) is 4.74 Å². The van der Waals surface area contributed by atoms with E-state index in [1.807, 2.05) is 6.07 Å². The summed E-state index contributed by atoms with van der Waals surface area (Å²) in [6.45, 7) is 12.5. The van der Waals surface area contributed by atoms with Crippen molar-refractivity contribution in [2.45, 2.75) is 58.9 Å². The highest BCUT2D eigenvalue weighted by molar-refractivity contribution is 5.55. The predicted molar refractivity (Wildman–Crippen MR) is 85.2 cm³/mol. The zero-order valence-corrected chi connectivity index (χ0v) is 13.7. The van der Waals surface area contributed by atoms with Crippen molar-refractivity contribution >= 4 is 5.69 Å². The summed E-state index contributed by atoms with van der Waals surface area (Å²) in [5.74, 6) is -0.141. The van der Waals surface area contributed by atoms with E-state index in [-0.39, 0.29) is 17.5 Å². The van der Waals surface area contributed by atoms with Crippen LogP contribution in [0.5, 0.6) is 0 Å². The Hall–Kier alpha value is -1.13. The number of rotatable bonds is 4. The molecule has 4 heteroatoms. The quantitative estimate of drug-likeness (QED) is 0.922. The van der Waals surface area contributed by atoms with E-state index in [0.717, 1.165) is 24.3 Å². The highest BCUT2D eigenvalue weighted by Crippen LogP contribution is 2.29. The molecule has 0 spiro atoms. The van der Waals surface area contributed by atoms with Crippen LogP contribution in [0.1, 0.15) is 40.2 Å². The van der Waals surface area contributed by atoms with Crippen molar-refractivity contribution < 1.29 is 9.13 Å². The lowest BCUT2D eigenvalue weighted by atomic mass is 10.0. The fourth-order valence-corrected chi connectivity index (χ4v) is 2.96. The lowest BCUT2D eigenvalue weighted by Gasteiger charge is -2.43. The van der Waals surface area contributed by atoms with Crippen molar-refractivity contribution in [1.82, 2.24) is 5.32 Å². The Morgan fingerprint density at radius 2 is 2.14 bits per heavy atom. The third-order valence-electron chi connectivity index (χ3n) is 3.69. The predicted octanol–water partition coefficient (Wildman–Crippen LogP) is 3.33. The third kappa shape index (κ3) is 4.17. The van der Waals surface area contributed by atoms with E-state index in [2.05, 4.69) is 44.8 Å². The molecule has 0 radical (unpaired) electrons. The van der Waals surface area contributed by atoms with E-state index in [1.54, 1.807) is 6.07 Å². The molecule has 1 atom stereocenters. The summed E-state index contributed by atoms with van der Waals surface area (Å²) < 4.78 is 20.2. The largest absolute Gasteiger partial charge is 0.369 e. The van der Waals surface area contributed by atoms with Gasteiger partial charge in [0.05, 0.1) is 11.7 Å². The Labute approximate surface area is 127 Å². The zero-order valence-electron chi connectivity index (χ0n) is 13.7. The van der Waals surface area contributed by atoms with Crippen LogP contribution in [0.15, 0.2) is 18.2 Å². The first kappa shape index (κ1) is 16.2. The number of halogens is 1. The van der Waals surface area contributed by atoms with Gasteiger partial charge in [0.15, 0.2) is 0 Å². The number of benzene rings is 1. The molecule has 1 aliphatic rings. The van der Waals surface area contributed by atoms with Gasteiger partial charge in [0.25, 0.3) is 0 Å². The molecule has 3 nitrogen and oxygen atoms in total. The number of hydrogen-bond acceptors (Lipinski definition) is 3. The van der Waals surface area contributed by atoms with Crippen LogP contribution in [-0.4, -0.2) is 30.8 Å². The first-order valence-electron chi connectivity index (χ1n) is 7.72. The molecule has 1 fully saturated rings. The highest BCUT2D eigenvalue weighted by Gasteiger charge is 2.32. The Morgan fingerprint density at radius 3 is 2.76 bits per heavy atom. The number of nitrogens with zero attached hydrogens (tertiary/aromatic N) is 1. The Bertz CT molecular complexity index is 488. The van der Waals surface area contributed by atoms with E-state index < -0.39 is 0 Å². The number of morpholine rings is 1. The number of ether oxygens (including phenoxy) is 1. The van der Waals surface area contributed by atoms with Gasteiger partial charge in [-0.3, -0.25) is 0 Å². The molecule has 21 heavy (non-hydrogen) atoms. The van der Waals surface area contributed by atoms with E-state index >= 15 is 0 Å². The van der Waals surface area contributed by atoms with Gasteiger partial charge in [0, 0.05) is 36.9 Å². The third-order valence-corrected chi connectivity index (χ3v) is 3.69. The van der Waals surface area contributed by atoms with E-state index in [9.17, 15) is 4.39 Å². The Kier molecular flexibility index (Phi) is 4.89. The summed E-state index contributed by atoms with van der Waals surface area (Å²) in [6, 6.07) is 5.67. The number of hydrogen-bond donors (Lipinski definition) is 1. The highest BCUT2D eigenvalue weighted by atomic mass is 19.1. The van der Waals surface area contributed by atoms with Gasteiger partial charge in [-0.2, -0.15) is 0 Å². The summed E-state index contributed by atoms with van der Waals surface area (Å²) in [5.41, 5.74) is 1.51. The molecule has 1 aliphatic heterocycles. The molecular weight excluding hydrogens is 267 g/mol. The lowest BCUT2D eigenvalue weighted by Crippen LogP contribution is -2.52. The Balaban J connectivity index is 2.28. The van der Waals surface area contributed by atoms with E-state index in [1.165, 1.54) is 6.07 Å². The second kappa shape index (κ2) is 6.32. The van der Waals surface area contributed by atoms with Gasteiger partial charge in [-0.05, 0) is 32.9 Å². The average Bonchev–Trinajstić information content (AvgIpc) is 2.34. The van der Waals surface area contributed by atoms with Gasteiger partial charge in [-0.25, -0.2) is 4.39 Å². The van der Waals surface area contributed by atoms with Crippen LogP contribution < -0.4 is 10.2 Å². The van der Waals surface area contributed by atoms with Crippen molar-refractivity contribution in [3.63, 3.8) is 0 Å². The minimum Gasteiger partial charge on any atom is -0.369 e. The monoisotopic (exact) mass is 294 g/mol. The lowest BCUT2D eigenvalue weighted by molar-refractivity contribution is -0.0750. The van der Waals surface area contributed by atoms with Gasteiger partial charge < -0.3 is 15.0 Å². The van der Waals surface area contributed by atoms with Crippen LogP contribution >= 0.6 is 0 Å². The molecular formula is C17H27FN2O. The van der Waals surface area contributed by atoms with Crippen molar-refractivity contribution in [2.24, 2.45) is 0 Å². The maximum atomic E-state index is 14.2. The van der Waals surface area contributed by atoms with Gasteiger partial charge in [-0.15, -0.1) is 0 Å². The smallest absolute Gasteiger partial charge is 0.129 e. The summed E-state index contributed by atoms with van der Waals surface area (Å²) in [6.07, 6.45) is 0.142. The van der Waals surface area contributed by atoms with Crippen LogP contribution in [0.4, 0.5) is 10.1 Å². The summed E-state index contributed by atoms with van der Waals surface area (Å²) in [5, 5.41) is 3.32. The zero-order chi connectivity index (χ0) is 15.6. The second-order valence-electron chi connectivity index (χ2n) is 6.84. The van der Waals surface area contributed by atoms with Gasteiger partial charge in [0.2, 0.25) is 0 Å². The van der Waals surface area contributed by atoms with Crippen molar-refractivity contribution in [3.8, 4) is 0 Å². The van der Waals surface area contributed by atoms with Crippen LogP contribution in [0.2, 0.25) is 0 Å². The number of nitrogens with one attached hydrogen (secondary N) is 1. The summed E-state index contributed by atoms with van der Waals surface area (Å²) in [4.78, 5) is 2.24. The van der Waals surface area contributed by atoms with Crippen LogP contribution in [0.3, 0.4) is 0 Å². The maximum absolute atomic E-state index is 14.2. The minimum absolute atomic E-state index is 0.141. The molecule has 1 unspecified atom stereocenters. The molecule has 0 saturated carbocycles. The standard InChI is InChI=1S/C17H27FN2O/c1-12(2)19-9-14-15(18)7-6-8-16(14)20-10-13(3)21-17(4,5)11-20/h6-8,12-13,19H,9-11H2,1-5H3. The summed E-state index contributed by atoms with van der Waals surface area (Å²) >= 11 is 0. The average molecular weight is 294 g/mol. The molecule has 1 aromatic rings. The first-order valence-corrected chi connectivity index (χ1v) is 7.72. The molecule has 0 bridgehead atoms. The minimum atomic E-state index is -0.216. The molecule has 2 rings (SSSR count). The van der Waals surface area contributed by atoms with Crippen LogP contribution in [0.25, 0.3) is 0 Å². The van der Waals surface area contributed by atoms with Gasteiger partial charge in [0.1, 0.15) is 5.82 Å². The topological polar surface area (TPSA) is 24.5 Å². The van der Waals surface area contributed by atoms with Crippen molar-refractivity contribution in [1.29, 1.82) is 0 Å². The molecule has 1 aromatic carbocycles. The molecule has 1 heterocycles. The summed E-state index contributed by atoms with van der Waals surface area (Å²) in [7, 11) is 0. The molecule has 1 N–H and O–H groups in total. The second-order valence-corrected chi connectivity index (χ2v) is 6.84. The maximum Gasteiger partial charge on any atom is 0.129 e.